The highest BCUT2D eigenvalue weighted by atomic mass is 19.3. The number of aromatic nitrogens is 4. The highest BCUT2D eigenvalue weighted by molar-refractivity contribution is 5.90. The van der Waals surface area contributed by atoms with E-state index in [2.05, 4.69) is 20.3 Å². The summed E-state index contributed by atoms with van der Waals surface area (Å²) in [6.45, 7) is 4.99. The molecule has 1 spiro atoms. The smallest absolute Gasteiger partial charge is 0.281 e. The van der Waals surface area contributed by atoms with E-state index in [1.165, 1.54) is 6.20 Å². The predicted octanol–water partition coefficient (Wildman–Crippen LogP) is 0.442. The standard InChI is InChI=1S/C20H24F2N8O3/c21-17(22)16-12(7-24-18(28-16)27-15(31)6-23)13-5-14(29-1-3-32-4-2-29)26-19(25-13)30-8-20(9-30)10-33-11-20/h5,7,17H,1-4,6,8-11,23H2,(H,24,27,28,31). The molecule has 0 bridgehead atoms. The number of hydrogen-bond donors (Lipinski definition) is 2. The molecular formula is C20H24F2N8O3. The van der Waals surface area contributed by atoms with Crippen LogP contribution >= 0.6 is 0 Å². The zero-order valence-corrected chi connectivity index (χ0v) is 17.8. The van der Waals surface area contributed by atoms with Crippen LogP contribution in [0.25, 0.3) is 11.3 Å². The number of carbonyl (C=O) groups excluding carboxylic acids is 1. The number of rotatable bonds is 6. The summed E-state index contributed by atoms with van der Waals surface area (Å²) in [5, 5.41) is 2.30. The van der Waals surface area contributed by atoms with Crippen molar-refractivity contribution in [2.75, 3.05) is 74.3 Å². The number of nitrogens with zero attached hydrogens (tertiary/aromatic N) is 6. The number of nitrogens with two attached hydrogens (primary N) is 1. The lowest BCUT2D eigenvalue weighted by atomic mass is 9.78. The van der Waals surface area contributed by atoms with Crippen LogP contribution in [0.5, 0.6) is 0 Å². The van der Waals surface area contributed by atoms with Crippen LogP contribution in [0.3, 0.4) is 0 Å². The van der Waals surface area contributed by atoms with Crippen LogP contribution in [0.4, 0.5) is 26.5 Å². The molecule has 2 aromatic rings. The van der Waals surface area contributed by atoms with Gasteiger partial charge >= 0.3 is 0 Å². The number of morpholine rings is 1. The van der Waals surface area contributed by atoms with Crippen molar-refractivity contribution in [3.63, 3.8) is 0 Å². The van der Waals surface area contributed by atoms with Gasteiger partial charge in [-0.05, 0) is 0 Å². The van der Waals surface area contributed by atoms with E-state index in [1.54, 1.807) is 6.07 Å². The Labute approximate surface area is 188 Å². The van der Waals surface area contributed by atoms with Gasteiger partial charge in [0.2, 0.25) is 17.8 Å². The first-order valence-electron chi connectivity index (χ1n) is 10.7. The third-order valence-electron chi connectivity index (χ3n) is 5.93. The van der Waals surface area contributed by atoms with E-state index in [0.717, 1.165) is 13.1 Å². The summed E-state index contributed by atoms with van der Waals surface area (Å²) in [5.74, 6) is 0.285. The Balaban J connectivity index is 1.52. The van der Waals surface area contributed by atoms with Crippen LogP contribution in [0, 0.1) is 5.41 Å². The van der Waals surface area contributed by atoms with Crippen molar-refractivity contribution in [3.05, 3.63) is 18.0 Å². The summed E-state index contributed by atoms with van der Waals surface area (Å²) in [7, 11) is 0. The number of anilines is 3. The number of halogens is 2. The molecule has 0 saturated carbocycles. The quantitative estimate of drug-likeness (QED) is 0.623. The van der Waals surface area contributed by atoms with E-state index in [1.807, 2.05) is 9.80 Å². The second kappa shape index (κ2) is 8.72. The lowest BCUT2D eigenvalue weighted by Gasteiger charge is -2.55. The zero-order chi connectivity index (χ0) is 23.0. The summed E-state index contributed by atoms with van der Waals surface area (Å²) < 4.78 is 38.6. The van der Waals surface area contributed by atoms with Gasteiger partial charge in [0.05, 0.1) is 44.1 Å². The molecule has 0 aliphatic carbocycles. The van der Waals surface area contributed by atoms with Crippen LogP contribution < -0.4 is 20.9 Å². The maximum Gasteiger partial charge on any atom is 0.281 e. The lowest BCUT2D eigenvalue weighted by Crippen LogP contribution is -2.66. The van der Waals surface area contributed by atoms with Crippen molar-refractivity contribution >= 4 is 23.6 Å². The Morgan fingerprint density at radius 2 is 1.91 bits per heavy atom. The third-order valence-corrected chi connectivity index (χ3v) is 5.93. The van der Waals surface area contributed by atoms with Crippen LogP contribution in [-0.2, 0) is 14.3 Å². The molecule has 33 heavy (non-hydrogen) atoms. The van der Waals surface area contributed by atoms with E-state index >= 15 is 0 Å². The normalized spacial score (nSPS) is 19.4. The minimum atomic E-state index is -2.90. The summed E-state index contributed by atoms with van der Waals surface area (Å²) in [5.41, 5.74) is 5.25. The molecule has 3 N–H and O–H groups in total. The third kappa shape index (κ3) is 4.30. The first kappa shape index (κ1) is 21.8. The van der Waals surface area contributed by atoms with Gasteiger partial charge in [0.15, 0.2) is 0 Å². The van der Waals surface area contributed by atoms with Gasteiger partial charge < -0.3 is 25.0 Å². The molecule has 5 heterocycles. The predicted molar refractivity (Wildman–Crippen MR) is 114 cm³/mol. The summed E-state index contributed by atoms with van der Waals surface area (Å²) in [4.78, 5) is 32.8. The van der Waals surface area contributed by atoms with Crippen molar-refractivity contribution < 1.29 is 23.0 Å². The average molecular weight is 462 g/mol. The van der Waals surface area contributed by atoms with Crippen LogP contribution in [0.2, 0.25) is 0 Å². The Bertz CT molecular complexity index is 1040. The molecular weight excluding hydrogens is 438 g/mol. The molecule has 176 valence electrons. The fraction of sp³-hybridized carbons (Fsp3) is 0.550. The SMILES string of the molecule is NCC(=O)Nc1ncc(-c2cc(N3CCOCC3)nc(N3CC4(COC4)C3)n2)c(C(F)F)n1. The fourth-order valence-electron chi connectivity index (χ4n) is 4.13. The zero-order valence-electron chi connectivity index (χ0n) is 17.8. The number of amides is 1. The number of carbonyl (C=O) groups is 1. The molecule has 11 nitrogen and oxygen atoms in total. The molecule has 0 radical (unpaired) electrons. The molecule has 3 aliphatic rings. The molecule has 13 heteroatoms. The highest BCUT2D eigenvalue weighted by Gasteiger charge is 2.50. The van der Waals surface area contributed by atoms with Crippen molar-refractivity contribution in [3.8, 4) is 11.3 Å². The Morgan fingerprint density at radius 3 is 2.55 bits per heavy atom. The van der Waals surface area contributed by atoms with Crippen LogP contribution in [-0.4, -0.2) is 85.0 Å². The van der Waals surface area contributed by atoms with Gasteiger partial charge in [-0.25, -0.2) is 23.7 Å². The van der Waals surface area contributed by atoms with Crippen molar-refractivity contribution in [1.29, 1.82) is 0 Å². The molecule has 3 saturated heterocycles. The molecule has 1 amide bonds. The highest BCUT2D eigenvalue weighted by Crippen LogP contribution is 2.40. The molecule has 0 atom stereocenters. The molecule has 3 fully saturated rings. The molecule has 5 rings (SSSR count). The second-order valence-electron chi connectivity index (χ2n) is 8.41. The number of alkyl halides is 2. The van der Waals surface area contributed by atoms with Crippen molar-refractivity contribution in [1.82, 2.24) is 19.9 Å². The van der Waals surface area contributed by atoms with E-state index in [0.29, 0.717) is 57.0 Å². The van der Waals surface area contributed by atoms with Crippen molar-refractivity contribution in [2.24, 2.45) is 11.1 Å². The maximum absolute atomic E-state index is 13.9. The van der Waals surface area contributed by atoms with Crippen molar-refractivity contribution in [2.45, 2.75) is 6.43 Å². The Morgan fingerprint density at radius 1 is 1.15 bits per heavy atom. The van der Waals surface area contributed by atoms with E-state index in [-0.39, 0.29) is 23.5 Å². The summed E-state index contributed by atoms with van der Waals surface area (Å²) in [6, 6.07) is 1.67. The van der Waals surface area contributed by atoms with E-state index < -0.39 is 18.0 Å². The largest absolute Gasteiger partial charge is 0.380 e. The number of hydrogen-bond acceptors (Lipinski definition) is 10. The first-order chi connectivity index (χ1) is 16.0. The first-order valence-corrected chi connectivity index (χ1v) is 10.7. The lowest BCUT2D eigenvalue weighted by molar-refractivity contribution is -0.127. The molecule has 2 aromatic heterocycles. The second-order valence-corrected chi connectivity index (χ2v) is 8.41. The monoisotopic (exact) mass is 462 g/mol. The van der Waals surface area contributed by atoms with Gasteiger partial charge in [-0.15, -0.1) is 0 Å². The summed E-state index contributed by atoms with van der Waals surface area (Å²) in [6.07, 6.45) is -1.66. The average Bonchev–Trinajstić information content (AvgIpc) is 2.77. The van der Waals surface area contributed by atoms with Gasteiger partial charge in [0, 0.05) is 44.0 Å². The van der Waals surface area contributed by atoms with Gasteiger partial charge in [-0.2, -0.15) is 4.98 Å². The molecule has 0 unspecified atom stereocenters. The van der Waals surface area contributed by atoms with Gasteiger partial charge in [0.25, 0.3) is 6.43 Å². The minimum absolute atomic E-state index is 0.0797. The Kier molecular flexibility index (Phi) is 5.76. The topological polar surface area (TPSA) is 132 Å². The van der Waals surface area contributed by atoms with Gasteiger partial charge in [-0.3, -0.25) is 10.1 Å². The Hall–Kier alpha value is -3.03. The summed E-state index contributed by atoms with van der Waals surface area (Å²) >= 11 is 0. The van der Waals surface area contributed by atoms with Crippen LogP contribution in [0.15, 0.2) is 12.3 Å². The molecule has 3 aliphatic heterocycles. The fourth-order valence-corrected chi connectivity index (χ4v) is 4.13. The number of nitrogens with one attached hydrogen (secondary N) is 1. The minimum Gasteiger partial charge on any atom is -0.380 e. The van der Waals surface area contributed by atoms with E-state index in [4.69, 9.17) is 20.2 Å². The van der Waals surface area contributed by atoms with E-state index in [9.17, 15) is 13.6 Å². The maximum atomic E-state index is 13.9. The van der Waals surface area contributed by atoms with Gasteiger partial charge in [0.1, 0.15) is 11.5 Å². The van der Waals surface area contributed by atoms with Crippen LogP contribution in [0.1, 0.15) is 12.1 Å². The molecule has 0 aromatic carbocycles. The van der Waals surface area contributed by atoms with Gasteiger partial charge in [-0.1, -0.05) is 0 Å². The number of ether oxygens (including phenoxy) is 2.